The van der Waals surface area contributed by atoms with Gasteiger partial charge in [-0.15, -0.1) is 5.10 Å². The first-order valence-electron chi connectivity index (χ1n) is 4.23. The maximum absolute atomic E-state index is 9.47. The Labute approximate surface area is 77.0 Å². The molecule has 0 aliphatic heterocycles. The van der Waals surface area contributed by atoms with Crippen molar-refractivity contribution in [1.82, 2.24) is 15.0 Å². The highest BCUT2D eigenvalue weighted by Gasteiger charge is 2.14. The summed E-state index contributed by atoms with van der Waals surface area (Å²) in [5, 5.41) is 25.8. The number of rotatable bonds is 4. The van der Waals surface area contributed by atoms with E-state index >= 15 is 0 Å². The molecule has 1 heterocycles. The van der Waals surface area contributed by atoms with Gasteiger partial charge in [0.1, 0.15) is 0 Å². The van der Waals surface area contributed by atoms with Gasteiger partial charge in [0, 0.05) is 19.2 Å². The minimum absolute atomic E-state index is 0.0706. The summed E-state index contributed by atoms with van der Waals surface area (Å²) >= 11 is 0. The maximum atomic E-state index is 9.47. The van der Waals surface area contributed by atoms with Gasteiger partial charge in [-0.25, -0.2) is 4.68 Å². The zero-order valence-corrected chi connectivity index (χ0v) is 7.93. The molecule has 0 radical (unpaired) electrons. The monoisotopic (exact) mass is 185 g/mol. The summed E-state index contributed by atoms with van der Waals surface area (Å²) in [6, 6.07) is 0. The van der Waals surface area contributed by atoms with E-state index in [0.29, 0.717) is 13.0 Å². The molecule has 0 aliphatic carbocycles. The smallest absolute Gasteiger partial charge is 0.0849 e. The van der Waals surface area contributed by atoms with Crippen molar-refractivity contribution in [2.45, 2.75) is 32.4 Å². The fraction of sp³-hybridized carbons (Fsp3) is 0.750. The van der Waals surface area contributed by atoms with Gasteiger partial charge in [-0.2, -0.15) is 0 Å². The first-order chi connectivity index (χ1) is 6.01. The molecule has 0 saturated heterocycles. The van der Waals surface area contributed by atoms with Crippen LogP contribution >= 0.6 is 0 Å². The molecule has 2 N–H and O–H groups in total. The first-order valence-corrected chi connectivity index (χ1v) is 4.23. The largest absolute Gasteiger partial charge is 0.396 e. The van der Waals surface area contributed by atoms with Crippen LogP contribution in [0.3, 0.4) is 0 Å². The fourth-order valence-electron chi connectivity index (χ4n) is 1.04. The van der Waals surface area contributed by atoms with Crippen LogP contribution in [-0.2, 0) is 13.0 Å². The van der Waals surface area contributed by atoms with E-state index in [-0.39, 0.29) is 6.61 Å². The summed E-state index contributed by atoms with van der Waals surface area (Å²) < 4.78 is 1.57. The van der Waals surface area contributed by atoms with Crippen molar-refractivity contribution in [3.05, 3.63) is 11.9 Å². The van der Waals surface area contributed by atoms with Crippen LogP contribution in [0, 0.1) is 0 Å². The summed E-state index contributed by atoms with van der Waals surface area (Å²) in [4.78, 5) is 0. The first kappa shape index (κ1) is 10.1. The maximum Gasteiger partial charge on any atom is 0.0849 e. The van der Waals surface area contributed by atoms with E-state index in [1.807, 2.05) is 0 Å². The number of aromatic nitrogens is 3. The SMILES string of the molecule is CC(C)(O)Cn1cc(CCO)nn1. The van der Waals surface area contributed by atoms with Crippen LogP contribution in [0.2, 0.25) is 0 Å². The summed E-state index contributed by atoms with van der Waals surface area (Å²) in [6.45, 7) is 3.90. The van der Waals surface area contributed by atoms with Gasteiger partial charge in [0.25, 0.3) is 0 Å². The van der Waals surface area contributed by atoms with Gasteiger partial charge >= 0.3 is 0 Å². The molecule has 0 atom stereocenters. The Balaban J connectivity index is 2.59. The minimum atomic E-state index is -0.788. The average Bonchev–Trinajstić information content (AvgIpc) is 2.33. The molecule has 0 aromatic carbocycles. The lowest BCUT2D eigenvalue weighted by Gasteiger charge is -2.15. The van der Waals surface area contributed by atoms with E-state index in [0.717, 1.165) is 5.69 Å². The second-order valence-corrected chi connectivity index (χ2v) is 3.69. The Bertz CT molecular complexity index is 265. The molecular weight excluding hydrogens is 170 g/mol. The van der Waals surface area contributed by atoms with Gasteiger partial charge in [-0.1, -0.05) is 5.21 Å². The summed E-state index contributed by atoms with van der Waals surface area (Å²) in [5.74, 6) is 0. The lowest BCUT2D eigenvalue weighted by atomic mass is 10.1. The van der Waals surface area contributed by atoms with Crippen LogP contribution in [0.5, 0.6) is 0 Å². The number of hydrogen-bond acceptors (Lipinski definition) is 4. The Kier molecular flexibility index (Phi) is 3.00. The van der Waals surface area contributed by atoms with Crippen molar-refractivity contribution in [2.24, 2.45) is 0 Å². The number of nitrogens with zero attached hydrogens (tertiary/aromatic N) is 3. The van der Waals surface area contributed by atoms with Crippen LogP contribution in [0.25, 0.3) is 0 Å². The van der Waals surface area contributed by atoms with E-state index in [2.05, 4.69) is 10.3 Å². The van der Waals surface area contributed by atoms with Gasteiger partial charge in [0.05, 0.1) is 17.8 Å². The molecule has 0 saturated carbocycles. The zero-order valence-electron chi connectivity index (χ0n) is 7.93. The van der Waals surface area contributed by atoms with Crippen molar-refractivity contribution in [3.8, 4) is 0 Å². The molecule has 0 aliphatic rings. The van der Waals surface area contributed by atoms with Crippen molar-refractivity contribution in [3.63, 3.8) is 0 Å². The molecule has 1 rings (SSSR count). The molecule has 0 amide bonds. The second kappa shape index (κ2) is 3.85. The summed E-state index contributed by atoms with van der Waals surface area (Å²) in [6.07, 6.45) is 2.24. The number of aliphatic hydroxyl groups is 2. The van der Waals surface area contributed by atoms with Gasteiger partial charge in [-0.05, 0) is 13.8 Å². The molecule has 13 heavy (non-hydrogen) atoms. The van der Waals surface area contributed by atoms with Crippen LogP contribution < -0.4 is 0 Å². The Morgan fingerprint density at radius 3 is 2.77 bits per heavy atom. The third-order valence-electron chi connectivity index (χ3n) is 1.50. The topological polar surface area (TPSA) is 71.2 Å². The lowest BCUT2D eigenvalue weighted by Crippen LogP contribution is -2.26. The second-order valence-electron chi connectivity index (χ2n) is 3.69. The Morgan fingerprint density at radius 1 is 1.54 bits per heavy atom. The predicted octanol–water partition coefficient (Wildman–Crippen LogP) is -0.416. The molecule has 1 aromatic heterocycles. The van der Waals surface area contributed by atoms with E-state index in [9.17, 15) is 5.11 Å². The highest BCUT2D eigenvalue weighted by molar-refractivity contribution is 4.92. The molecule has 5 nitrogen and oxygen atoms in total. The molecular formula is C8H15N3O2. The summed E-state index contributed by atoms with van der Waals surface area (Å²) in [7, 11) is 0. The van der Waals surface area contributed by atoms with Crippen molar-refractivity contribution in [1.29, 1.82) is 0 Å². The predicted molar refractivity (Wildman–Crippen MR) is 47.1 cm³/mol. The Hall–Kier alpha value is -0.940. The van der Waals surface area contributed by atoms with E-state index in [1.54, 1.807) is 24.7 Å². The van der Waals surface area contributed by atoms with E-state index in [4.69, 9.17) is 5.11 Å². The van der Waals surface area contributed by atoms with E-state index in [1.165, 1.54) is 0 Å². The molecule has 5 heteroatoms. The zero-order chi connectivity index (χ0) is 9.90. The van der Waals surface area contributed by atoms with Gasteiger partial charge in [0.2, 0.25) is 0 Å². The van der Waals surface area contributed by atoms with Crippen molar-refractivity contribution in [2.75, 3.05) is 6.61 Å². The Morgan fingerprint density at radius 2 is 2.23 bits per heavy atom. The number of aliphatic hydroxyl groups excluding tert-OH is 1. The van der Waals surface area contributed by atoms with Gasteiger partial charge < -0.3 is 10.2 Å². The molecule has 1 aromatic rings. The van der Waals surface area contributed by atoms with Crippen LogP contribution in [0.4, 0.5) is 0 Å². The van der Waals surface area contributed by atoms with Gasteiger partial charge in [-0.3, -0.25) is 0 Å². The van der Waals surface area contributed by atoms with Gasteiger partial charge in [0.15, 0.2) is 0 Å². The normalized spacial score (nSPS) is 12.0. The molecule has 74 valence electrons. The van der Waals surface area contributed by atoms with Crippen molar-refractivity contribution >= 4 is 0 Å². The minimum Gasteiger partial charge on any atom is -0.396 e. The summed E-state index contributed by atoms with van der Waals surface area (Å²) in [5.41, 5.74) is -0.0452. The average molecular weight is 185 g/mol. The molecule has 0 fully saturated rings. The highest BCUT2D eigenvalue weighted by atomic mass is 16.3. The quantitative estimate of drug-likeness (QED) is 0.668. The fourth-order valence-corrected chi connectivity index (χ4v) is 1.04. The molecule has 0 spiro atoms. The van der Waals surface area contributed by atoms with E-state index < -0.39 is 5.60 Å². The van der Waals surface area contributed by atoms with Crippen molar-refractivity contribution < 1.29 is 10.2 Å². The van der Waals surface area contributed by atoms with Crippen LogP contribution in [-0.4, -0.2) is 37.4 Å². The standard InChI is InChI=1S/C8H15N3O2/c1-8(2,13)6-11-5-7(3-4-12)9-10-11/h5,12-13H,3-4,6H2,1-2H3. The highest BCUT2D eigenvalue weighted by Crippen LogP contribution is 2.04. The number of hydrogen-bond donors (Lipinski definition) is 2. The third kappa shape index (κ3) is 3.52. The van der Waals surface area contributed by atoms with Crippen LogP contribution in [0.15, 0.2) is 6.20 Å². The van der Waals surface area contributed by atoms with Crippen LogP contribution in [0.1, 0.15) is 19.5 Å². The lowest BCUT2D eigenvalue weighted by molar-refractivity contribution is 0.0571. The third-order valence-corrected chi connectivity index (χ3v) is 1.50. The molecule has 0 unspecified atom stereocenters. The molecule has 0 bridgehead atoms.